The van der Waals surface area contributed by atoms with Crippen LogP contribution >= 0.6 is 0 Å². The van der Waals surface area contributed by atoms with Gasteiger partial charge in [0.15, 0.2) is 5.56 Å². The van der Waals surface area contributed by atoms with Crippen molar-refractivity contribution >= 4 is 11.6 Å². The standard InChI is InChI=1S/C19H18N2O3/c1-12-9-10-15(11-13(12)2)20-18(22)16-17(21(3)24-19(16)23)14-7-5-4-6-8-14/h4-11H,1-3H3,(H,20,22). The highest BCUT2D eigenvalue weighted by Gasteiger charge is 2.23. The van der Waals surface area contributed by atoms with Crippen LogP contribution in [0.5, 0.6) is 0 Å². The minimum Gasteiger partial charge on any atom is -0.335 e. The number of carbonyl (C=O) groups excluding carboxylic acids is 1. The lowest BCUT2D eigenvalue weighted by molar-refractivity contribution is 0.102. The molecule has 0 radical (unpaired) electrons. The number of carbonyl (C=O) groups is 1. The van der Waals surface area contributed by atoms with Gasteiger partial charge in [0.2, 0.25) is 0 Å². The number of hydrogen-bond donors (Lipinski definition) is 1. The molecule has 0 saturated carbocycles. The Morgan fingerprint density at radius 3 is 2.42 bits per heavy atom. The SMILES string of the molecule is Cc1ccc(NC(=O)c2c(-c3ccccc3)n(C)oc2=O)cc1C. The van der Waals surface area contributed by atoms with Gasteiger partial charge in [0, 0.05) is 18.3 Å². The van der Waals surface area contributed by atoms with Gasteiger partial charge in [-0.2, -0.15) is 0 Å². The van der Waals surface area contributed by atoms with Crippen molar-refractivity contribution in [2.45, 2.75) is 13.8 Å². The molecule has 0 unspecified atom stereocenters. The second kappa shape index (κ2) is 6.20. The van der Waals surface area contributed by atoms with E-state index in [-0.39, 0.29) is 5.56 Å². The number of aromatic nitrogens is 1. The van der Waals surface area contributed by atoms with E-state index in [1.807, 2.05) is 62.4 Å². The summed E-state index contributed by atoms with van der Waals surface area (Å²) in [6, 6.07) is 14.8. The van der Waals surface area contributed by atoms with E-state index < -0.39 is 11.5 Å². The molecule has 0 atom stereocenters. The van der Waals surface area contributed by atoms with Gasteiger partial charge >= 0.3 is 5.63 Å². The topological polar surface area (TPSA) is 64.2 Å². The van der Waals surface area contributed by atoms with Crippen LogP contribution in [0.1, 0.15) is 21.5 Å². The Hall–Kier alpha value is -3.08. The van der Waals surface area contributed by atoms with E-state index in [4.69, 9.17) is 4.52 Å². The van der Waals surface area contributed by atoms with Crippen LogP contribution in [0, 0.1) is 13.8 Å². The first kappa shape index (κ1) is 15.8. The first-order valence-electron chi connectivity index (χ1n) is 7.61. The van der Waals surface area contributed by atoms with E-state index in [2.05, 4.69) is 5.32 Å². The van der Waals surface area contributed by atoms with Crippen LogP contribution < -0.4 is 10.9 Å². The van der Waals surface area contributed by atoms with Crippen molar-refractivity contribution < 1.29 is 9.32 Å². The average molecular weight is 322 g/mol. The maximum atomic E-state index is 12.7. The van der Waals surface area contributed by atoms with Gasteiger partial charge in [0.05, 0.1) is 0 Å². The van der Waals surface area contributed by atoms with Gasteiger partial charge in [-0.25, -0.2) is 9.53 Å². The second-order valence-electron chi connectivity index (χ2n) is 5.72. The van der Waals surface area contributed by atoms with Crippen molar-refractivity contribution in [3.8, 4) is 11.3 Å². The molecule has 5 heteroatoms. The zero-order valence-corrected chi connectivity index (χ0v) is 13.8. The molecule has 1 heterocycles. The molecule has 3 rings (SSSR count). The van der Waals surface area contributed by atoms with E-state index in [9.17, 15) is 9.59 Å². The lowest BCUT2D eigenvalue weighted by Crippen LogP contribution is -2.19. The van der Waals surface area contributed by atoms with Gasteiger partial charge in [-0.15, -0.1) is 0 Å². The number of benzene rings is 2. The summed E-state index contributed by atoms with van der Waals surface area (Å²) in [6.07, 6.45) is 0. The van der Waals surface area contributed by atoms with Crippen LogP contribution in [0.4, 0.5) is 5.69 Å². The van der Waals surface area contributed by atoms with Gasteiger partial charge < -0.3 is 9.84 Å². The van der Waals surface area contributed by atoms with Gasteiger partial charge in [0.1, 0.15) is 5.69 Å². The molecule has 1 amide bonds. The summed E-state index contributed by atoms with van der Waals surface area (Å²) in [5.41, 5.74) is 3.40. The average Bonchev–Trinajstić information content (AvgIpc) is 2.86. The highest BCUT2D eigenvalue weighted by molar-refractivity contribution is 6.07. The first-order valence-corrected chi connectivity index (χ1v) is 7.61. The maximum absolute atomic E-state index is 12.7. The molecule has 2 aromatic carbocycles. The number of hydrogen-bond acceptors (Lipinski definition) is 3. The maximum Gasteiger partial charge on any atom is 0.370 e. The molecule has 0 bridgehead atoms. The summed E-state index contributed by atoms with van der Waals surface area (Å²) in [4.78, 5) is 24.8. The van der Waals surface area contributed by atoms with Gasteiger partial charge in [-0.05, 0) is 37.1 Å². The molecular weight excluding hydrogens is 304 g/mol. The van der Waals surface area contributed by atoms with E-state index in [1.54, 1.807) is 7.05 Å². The molecular formula is C19H18N2O3. The minimum absolute atomic E-state index is 0.00179. The lowest BCUT2D eigenvalue weighted by atomic mass is 10.1. The normalized spacial score (nSPS) is 10.6. The molecule has 0 aliphatic rings. The highest BCUT2D eigenvalue weighted by atomic mass is 16.5. The Bertz CT molecular complexity index is 952. The molecule has 3 aromatic rings. The number of rotatable bonds is 3. The smallest absolute Gasteiger partial charge is 0.335 e. The number of nitrogens with one attached hydrogen (secondary N) is 1. The van der Waals surface area contributed by atoms with Crippen LogP contribution in [-0.2, 0) is 7.05 Å². The van der Waals surface area contributed by atoms with E-state index in [0.29, 0.717) is 11.4 Å². The van der Waals surface area contributed by atoms with Crippen LogP contribution in [-0.4, -0.2) is 10.6 Å². The molecule has 0 spiro atoms. The predicted molar refractivity (Wildman–Crippen MR) is 93.3 cm³/mol. The van der Waals surface area contributed by atoms with Crippen molar-refractivity contribution in [1.29, 1.82) is 0 Å². The third kappa shape index (κ3) is 2.88. The molecule has 1 aromatic heterocycles. The van der Waals surface area contributed by atoms with Gasteiger partial charge in [-0.3, -0.25) is 4.79 Å². The summed E-state index contributed by atoms with van der Waals surface area (Å²) in [7, 11) is 1.61. The molecule has 0 aliphatic heterocycles. The van der Waals surface area contributed by atoms with Crippen molar-refractivity contribution in [3.05, 3.63) is 75.6 Å². The van der Waals surface area contributed by atoms with Gasteiger partial charge in [0.25, 0.3) is 5.91 Å². The number of amides is 1. The molecule has 0 saturated heterocycles. The molecule has 24 heavy (non-hydrogen) atoms. The Kier molecular flexibility index (Phi) is 4.08. The lowest BCUT2D eigenvalue weighted by Gasteiger charge is -2.08. The molecule has 5 nitrogen and oxygen atoms in total. The van der Waals surface area contributed by atoms with Crippen molar-refractivity contribution in [2.75, 3.05) is 5.32 Å². The van der Waals surface area contributed by atoms with Crippen molar-refractivity contribution in [2.24, 2.45) is 7.05 Å². The zero-order chi connectivity index (χ0) is 17.3. The van der Waals surface area contributed by atoms with Gasteiger partial charge in [-0.1, -0.05) is 36.4 Å². The van der Waals surface area contributed by atoms with Crippen molar-refractivity contribution in [3.63, 3.8) is 0 Å². The Morgan fingerprint density at radius 2 is 1.75 bits per heavy atom. The fraction of sp³-hybridized carbons (Fsp3) is 0.158. The third-order valence-corrected chi connectivity index (χ3v) is 4.01. The summed E-state index contributed by atoms with van der Waals surface area (Å²) in [5.74, 6) is -0.480. The first-order chi connectivity index (χ1) is 11.5. The fourth-order valence-corrected chi connectivity index (χ4v) is 2.60. The monoisotopic (exact) mass is 322 g/mol. The van der Waals surface area contributed by atoms with Crippen LogP contribution in [0.3, 0.4) is 0 Å². The van der Waals surface area contributed by atoms with Crippen molar-refractivity contribution in [1.82, 2.24) is 4.74 Å². The van der Waals surface area contributed by atoms with E-state index in [0.717, 1.165) is 16.7 Å². The second-order valence-corrected chi connectivity index (χ2v) is 5.72. The Balaban J connectivity index is 2.01. The third-order valence-electron chi connectivity index (χ3n) is 4.01. The largest absolute Gasteiger partial charge is 0.370 e. The molecule has 0 aliphatic carbocycles. The fourth-order valence-electron chi connectivity index (χ4n) is 2.60. The summed E-state index contributed by atoms with van der Waals surface area (Å²) in [5, 5.41) is 2.78. The molecule has 1 N–H and O–H groups in total. The predicted octanol–water partition coefficient (Wildman–Crippen LogP) is 3.51. The Morgan fingerprint density at radius 1 is 1.04 bits per heavy atom. The molecule has 122 valence electrons. The number of nitrogens with zero attached hydrogens (tertiary/aromatic N) is 1. The zero-order valence-electron chi connectivity index (χ0n) is 13.8. The van der Waals surface area contributed by atoms with Crippen LogP contribution in [0.2, 0.25) is 0 Å². The summed E-state index contributed by atoms with van der Waals surface area (Å²) in [6.45, 7) is 3.97. The number of anilines is 1. The molecule has 0 fully saturated rings. The van der Waals surface area contributed by atoms with Crippen LogP contribution in [0.15, 0.2) is 57.8 Å². The van der Waals surface area contributed by atoms with Crippen LogP contribution in [0.25, 0.3) is 11.3 Å². The Labute approximate surface area is 139 Å². The quantitative estimate of drug-likeness (QED) is 0.802. The highest BCUT2D eigenvalue weighted by Crippen LogP contribution is 2.23. The van der Waals surface area contributed by atoms with E-state index in [1.165, 1.54) is 4.74 Å². The number of aryl methyl sites for hydroxylation is 3. The van der Waals surface area contributed by atoms with E-state index >= 15 is 0 Å². The minimum atomic E-state index is -0.655. The summed E-state index contributed by atoms with van der Waals surface area (Å²) >= 11 is 0. The summed E-state index contributed by atoms with van der Waals surface area (Å²) < 4.78 is 6.43.